The number of methoxy groups -OCH3 is 1. The lowest BCUT2D eigenvalue weighted by atomic mass is 10.2. The molecule has 1 fully saturated rings. The van der Waals surface area contributed by atoms with Gasteiger partial charge in [-0.1, -0.05) is 23.2 Å². The molecule has 22 heavy (non-hydrogen) atoms. The van der Waals surface area contributed by atoms with Gasteiger partial charge in [0.2, 0.25) is 0 Å². The fourth-order valence-corrected chi connectivity index (χ4v) is 2.25. The molecule has 1 saturated carbocycles. The zero-order chi connectivity index (χ0) is 16.3. The number of carbonyl (C=O) groups excluding carboxylic acids is 3. The van der Waals surface area contributed by atoms with Crippen LogP contribution in [0.4, 0.5) is 0 Å². The average molecular weight is 346 g/mol. The Morgan fingerprint density at radius 3 is 2.18 bits per heavy atom. The molecule has 7 nitrogen and oxygen atoms in total. The van der Waals surface area contributed by atoms with Crippen LogP contribution in [0.3, 0.4) is 0 Å². The topological polar surface area (TPSA) is 96.5 Å². The van der Waals surface area contributed by atoms with Crippen molar-refractivity contribution < 1.29 is 19.1 Å². The van der Waals surface area contributed by atoms with E-state index in [1.165, 1.54) is 19.2 Å². The predicted molar refractivity (Wildman–Crippen MR) is 79.8 cm³/mol. The van der Waals surface area contributed by atoms with Crippen molar-refractivity contribution in [2.45, 2.75) is 18.9 Å². The van der Waals surface area contributed by atoms with Crippen molar-refractivity contribution in [3.63, 3.8) is 0 Å². The number of amides is 3. The molecule has 1 aliphatic rings. The molecule has 0 aromatic heterocycles. The maximum absolute atomic E-state index is 11.9. The van der Waals surface area contributed by atoms with Crippen LogP contribution >= 0.6 is 23.2 Å². The van der Waals surface area contributed by atoms with Crippen LogP contribution in [0.5, 0.6) is 5.75 Å². The first-order valence-electron chi connectivity index (χ1n) is 6.36. The molecule has 0 aliphatic heterocycles. The van der Waals surface area contributed by atoms with E-state index in [0.717, 1.165) is 12.8 Å². The van der Waals surface area contributed by atoms with Crippen molar-refractivity contribution in [2.75, 3.05) is 7.11 Å². The summed E-state index contributed by atoms with van der Waals surface area (Å²) < 4.78 is 4.96. The second-order valence-electron chi connectivity index (χ2n) is 4.63. The SMILES string of the molecule is COc1c(Cl)cc(C(=O)NNC(=O)C(=O)NC2CC2)cc1Cl. The highest BCUT2D eigenvalue weighted by Crippen LogP contribution is 2.33. The van der Waals surface area contributed by atoms with E-state index in [0.29, 0.717) is 0 Å². The van der Waals surface area contributed by atoms with Gasteiger partial charge in [0.1, 0.15) is 0 Å². The van der Waals surface area contributed by atoms with Gasteiger partial charge in [-0.2, -0.15) is 0 Å². The zero-order valence-corrected chi connectivity index (χ0v) is 13.0. The third-order valence-corrected chi connectivity index (χ3v) is 3.43. The van der Waals surface area contributed by atoms with Crippen LogP contribution in [0, 0.1) is 0 Å². The molecule has 0 bridgehead atoms. The average Bonchev–Trinajstić information content (AvgIpc) is 3.27. The monoisotopic (exact) mass is 345 g/mol. The minimum absolute atomic E-state index is 0.0492. The molecule has 3 amide bonds. The van der Waals surface area contributed by atoms with Gasteiger partial charge in [-0.25, -0.2) is 0 Å². The van der Waals surface area contributed by atoms with Crippen LogP contribution < -0.4 is 20.9 Å². The molecule has 0 saturated heterocycles. The number of halogens is 2. The van der Waals surface area contributed by atoms with Crippen molar-refractivity contribution in [1.29, 1.82) is 0 Å². The lowest BCUT2D eigenvalue weighted by Crippen LogP contribution is -2.49. The fourth-order valence-electron chi connectivity index (χ4n) is 1.61. The summed E-state index contributed by atoms with van der Waals surface area (Å²) in [5, 5.41) is 2.79. The molecule has 0 heterocycles. The third-order valence-electron chi connectivity index (χ3n) is 2.87. The Bertz CT molecular complexity index is 609. The number of ether oxygens (including phenoxy) is 1. The molecule has 2 rings (SSSR count). The van der Waals surface area contributed by atoms with E-state index in [-0.39, 0.29) is 27.4 Å². The minimum atomic E-state index is -0.953. The summed E-state index contributed by atoms with van der Waals surface area (Å²) >= 11 is 11.8. The number of benzene rings is 1. The molecule has 1 aromatic carbocycles. The molecular weight excluding hydrogens is 333 g/mol. The maximum atomic E-state index is 11.9. The molecule has 3 N–H and O–H groups in total. The van der Waals surface area contributed by atoms with Gasteiger partial charge in [0.05, 0.1) is 17.2 Å². The van der Waals surface area contributed by atoms with Gasteiger partial charge in [-0.05, 0) is 25.0 Å². The summed E-state index contributed by atoms with van der Waals surface area (Å²) in [6, 6.07) is 2.71. The van der Waals surface area contributed by atoms with Crippen molar-refractivity contribution in [3.05, 3.63) is 27.7 Å². The Balaban J connectivity index is 1.94. The van der Waals surface area contributed by atoms with Crippen LogP contribution in [0.2, 0.25) is 10.0 Å². The Morgan fingerprint density at radius 2 is 1.68 bits per heavy atom. The summed E-state index contributed by atoms with van der Waals surface area (Å²) in [7, 11) is 1.39. The van der Waals surface area contributed by atoms with Gasteiger partial charge in [0.15, 0.2) is 5.75 Å². The lowest BCUT2D eigenvalue weighted by Gasteiger charge is -2.10. The van der Waals surface area contributed by atoms with Gasteiger partial charge < -0.3 is 10.1 Å². The first-order valence-corrected chi connectivity index (χ1v) is 7.12. The highest BCUT2D eigenvalue weighted by molar-refractivity contribution is 6.38. The number of hydrogen-bond donors (Lipinski definition) is 3. The van der Waals surface area contributed by atoms with E-state index in [4.69, 9.17) is 27.9 Å². The van der Waals surface area contributed by atoms with E-state index < -0.39 is 17.7 Å². The highest BCUT2D eigenvalue weighted by atomic mass is 35.5. The molecule has 0 spiro atoms. The number of hydrazine groups is 1. The summed E-state index contributed by atoms with van der Waals surface area (Å²) in [5.74, 6) is -2.17. The number of hydrogen-bond acceptors (Lipinski definition) is 4. The minimum Gasteiger partial charge on any atom is -0.494 e. The Hall–Kier alpha value is -1.99. The Kier molecular flexibility index (Phi) is 5.10. The standard InChI is InChI=1S/C13H13Cl2N3O4/c1-22-10-8(14)4-6(5-9(10)15)11(19)17-18-13(21)12(20)16-7-2-3-7/h4-5,7H,2-3H2,1H3,(H,16,20)(H,17,19)(H,18,21). The molecule has 1 aromatic rings. The van der Waals surface area contributed by atoms with Crippen LogP contribution in [0.1, 0.15) is 23.2 Å². The predicted octanol–water partition coefficient (Wildman–Crippen LogP) is 1.04. The molecule has 0 atom stereocenters. The number of nitrogens with one attached hydrogen (secondary N) is 3. The quantitative estimate of drug-likeness (QED) is 0.563. The molecule has 9 heteroatoms. The third kappa shape index (κ3) is 4.02. The largest absolute Gasteiger partial charge is 0.494 e. The van der Waals surface area contributed by atoms with Crippen LogP contribution in [-0.4, -0.2) is 30.9 Å². The number of carbonyl (C=O) groups is 3. The van der Waals surface area contributed by atoms with E-state index in [1.807, 2.05) is 5.43 Å². The molecular formula is C13H13Cl2N3O4. The zero-order valence-electron chi connectivity index (χ0n) is 11.5. The van der Waals surface area contributed by atoms with E-state index in [1.54, 1.807) is 0 Å². The van der Waals surface area contributed by atoms with Gasteiger partial charge in [-0.3, -0.25) is 25.2 Å². The smallest absolute Gasteiger partial charge is 0.327 e. The lowest BCUT2D eigenvalue weighted by molar-refractivity contribution is -0.139. The van der Waals surface area contributed by atoms with Gasteiger partial charge in [0.25, 0.3) is 5.91 Å². The van der Waals surface area contributed by atoms with Crippen molar-refractivity contribution in [3.8, 4) is 5.75 Å². The highest BCUT2D eigenvalue weighted by Gasteiger charge is 2.26. The van der Waals surface area contributed by atoms with Gasteiger partial charge in [0, 0.05) is 11.6 Å². The fraction of sp³-hybridized carbons (Fsp3) is 0.308. The summed E-state index contributed by atoms with van der Waals surface area (Å²) in [6.45, 7) is 0. The summed E-state index contributed by atoms with van der Waals surface area (Å²) in [4.78, 5) is 34.8. The number of rotatable bonds is 3. The van der Waals surface area contributed by atoms with E-state index in [9.17, 15) is 14.4 Å². The first-order chi connectivity index (χ1) is 10.4. The molecule has 118 valence electrons. The van der Waals surface area contributed by atoms with Crippen molar-refractivity contribution >= 4 is 40.9 Å². The summed E-state index contributed by atoms with van der Waals surface area (Å²) in [5.41, 5.74) is 4.23. The van der Waals surface area contributed by atoms with Crippen LogP contribution in [0.15, 0.2) is 12.1 Å². The Morgan fingerprint density at radius 1 is 1.09 bits per heavy atom. The normalized spacial score (nSPS) is 13.2. The van der Waals surface area contributed by atoms with E-state index >= 15 is 0 Å². The maximum Gasteiger partial charge on any atom is 0.327 e. The van der Waals surface area contributed by atoms with Crippen molar-refractivity contribution in [1.82, 2.24) is 16.2 Å². The van der Waals surface area contributed by atoms with Gasteiger partial charge >= 0.3 is 11.8 Å². The summed E-state index contributed by atoms with van der Waals surface area (Å²) in [6.07, 6.45) is 1.71. The van der Waals surface area contributed by atoms with Crippen LogP contribution in [-0.2, 0) is 9.59 Å². The van der Waals surface area contributed by atoms with Gasteiger partial charge in [-0.15, -0.1) is 0 Å². The second kappa shape index (κ2) is 6.85. The van der Waals surface area contributed by atoms with E-state index in [2.05, 4.69) is 10.7 Å². The van der Waals surface area contributed by atoms with Crippen molar-refractivity contribution in [2.24, 2.45) is 0 Å². The Labute approximate surface area is 136 Å². The molecule has 0 radical (unpaired) electrons. The second-order valence-corrected chi connectivity index (χ2v) is 5.44. The van der Waals surface area contributed by atoms with Crippen LogP contribution in [0.25, 0.3) is 0 Å². The molecule has 0 unspecified atom stereocenters. The molecule has 1 aliphatic carbocycles. The first kappa shape index (κ1) is 16.4.